The summed E-state index contributed by atoms with van der Waals surface area (Å²) in [4.78, 5) is 4.23. The minimum Gasteiger partial charge on any atom is -0.251 e. The number of pyridine rings is 1. The summed E-state index contributed by atoms with van der Waals surface area (Å²) < 4.78 is 0. The van der Waals surface area contributed by atoms with Crippen molar-refractivity contribution >= 4 is 22.5 Å². The standard InChI is InChI=1S/C10H7ClN/c1-7-9(11)6-8-4-2-3-5-10(8)12-7/h2-6H,1H2. The van der Waals surface area contributed by atoms with Gasteiger partial charge in [0.25, 0.3) is 0 Å². The van der Waals surface area contributed by atoms with E-state index in [2.05, 4.69) is 11.9 Å². The van der Waals surface area contributed by atoms with Crippen molar-refractivity contribution in [3.63, 3.8) is 0 Å². The maximum Gasteiger partial charge on any atom is 0.0706 e. The molecule has 2 rings (SSSR count). The lowest BCUT2D eigenvalue weighted by Crippen LogP contribution is -1.83. The molecule has 2 heteroatoms. The fourth-order valence-electron chi connectivity index (χ4n) is 1.13. The number of benzene rings is 1. The molecule has 0 fully saturated rings. The average molecular weight is 177 g/mol. The second-order valence-electron chi connectivity index (χ2n) is 2.61. The van der Waals surface area contributed by atoms with Gasteiger partial charge >= 0.3 is 0 Å². The van der Waals surface area contributed by atoms with E-state index in [9.17, 15) is 0 Å². The van der Waals surface area contributed by atoms with Crippen LogP contribution in [-0.2, 0) is 0 Å². The molecule has 0 aliphatic heterocycles. The third-order valence-electron chi connectivity index (χ3n) is 1.75. The van der Waals surface area contributed by atoms with E-state index in [4.69, 9.17) is 11.6 Å². The molecular weight excluding hydrogens is 170 g/mol. The zero-order valence-corrected chi connectivity index (χ0v) is 7.17. The lowest BCUT2D eigenvalue weighted by Gasteiger charge is -1.99. The van der Waals surface area contributed by atoms with Crippen LogP contribution < -0.4 is 0 Å². The number of fused-ring (bicyclic) bond motifs is 1. The Morgan fingerprint density at radius 2 is 2.00 bits per heavy atom. The number of para-hydroxylation sites is 1. The molecule has 0 bridgehead atoms. The Balaban J connectivity index is 2.84. The van der Waals surface area contributed by atoms with Crippen molar-refractivity contribution in [3.05, 3.63) is 48.0 Å². The van der Waals surface area contributed by atoms with Crippen LogP contribution in [-0.4, -0.2) is 4.98 Å². The highest BCUT2D eigenvalue weighted by Gasteiger charge is 1.98. The lowest BCUT2D eigenvalue weighted by atomic mass is 10.2. The minimum absolute atomic E-state index is 0.619. The van der Waals surface area contributed by atoms with Gasteiger partial charge in [0.15, 0.2) is 0 Å². The van der Waals surface area contributed by atoms with Gasteiger partial charge in [0, 0.05) is 5.39 Å². The Bertz CT molecular complexity index is 383. The van der Waals surface area contributed by atoms with Gasteiger partial charge in [0.2, 0.25) is 0 Å². The molecule has 1 aromatic carbocycles. The van der Waals surface area contributed by atoms with Crippen molar-refractivity contribution in [1.82, 2.24) is 4.98 Å². The summed E-state index contributed by atoms with van der Waals surface area (Å²) in [6.07, 6.45) is 0. The molecule has 1 radical (unpaired) electrons. The van der Waals surface area contributed by atoms with Crippen LogP contribution in [0.4, 0.5) is 0 Å². The van der Waals surface area contributed by atoms with Crippen LogP contribution in [0.2, 0.25) is 5.02 Å². The summed E-state index contributed by atoms with van der Waals surface area (Å²) in [7, 11) is 0. The highest BCUT2D eigenvalue weighted by molar-refractivity contribution is 6.31. The van der Waals surface area contributed by atoms with E-state index in [1.165, 1.54) is 0 Å². The van der Waals surface area contributed by atoms with Gasteiger partial charge in [-0.25, -0.2) is 0 Å². The van der Waals surface area contributed by atoms with Gasteiger partial charge < -0.3 is 0 Å². The molecule has 0 atom stereocenters. The maximum absolute atomic E-state index is 5.86. The van der Waals surface area contributed by atoms with Gasteiger partial charge in [-0.2, -0.15) is 0 Å². The molecule has 0 aliphatic rings. The number of hydrogen-bond donors (Lipinski definition) is 0. The van der Waals surface area contributed by atoms with E-state index in [1.807, 2.05) is 30.3 Å². The normalized spacial score (nSPS) is 10.5. The molecule has 0 unspecified atom stereocenters. The van der Waals surface area contributed by atoms with Crippen molar-refractivity contribution in [2.45, 2.75) is 0 Å². The molecule has 0 amide bonds. The highest BCUT2D eigenvalue weighted by Crippen LogP contribution is 2.19. The zero-order valence-electron chi connectivity index (χ0n) is 6.42. The molecular formula is C10H7ClN. The first-order valence-electron chi connectivity index (χ1n) is 3.64. The quantitative estimate of drug-likeness (QED) is 0.601. The number of halogens is 1. The maximum atomic E-state index is 5.86. The molecule has 2 aromatic rings. The van der Waals surface area contributed by atoms with Crippen LogP contribution >= 0.6 is 11.6 Å². The van der Waals surface area contributed by atoms with Gasteiger partial charge in [0.05, 0.1) is 16.2 Å². The molecule has 59 valence electrons. The number of rotatable bonds is 0. The number of hydrogen-bond acceptors (Lipinski definition) is 1. The predicted octanol–water partition coefficient (Wildman–Crippen LogP) is 3.07. The molecule has 1 heterocycles. The van der Waals surface area contributed by atoms with E-state index in [-0.39, 0.29) is 0 Å². The van der Waals surface area contributed by atoms with Crippen LogP contribution in [0.15, 0.2) is 30.3 Å². The average Bonchev–Trinajstić information content (AvgIpc) is 2.07. The third-order valence-corrected chi connectivity index (χ3v) is 2.08. The number of aromatic nitrogens is 1. The van der Waals surface area contributed by atoms with Gasteiger partial charge in [-0.1, -0.05) is 29.8 Å². The van der Waals surface area contributed by atoms with Gasteiger partial charge in [0.1, 0.15) is 0 Å². The monoisotopic (exact) mass is 176 g/mol. The lowest BCUT2D eigenvalue weighted by molar-refractivity contribution is 1.34. The first-order valence-corrected chi connectivity index (χ1v) is 4.02. The second kappa shape index (κ2) is 2.76. The Labute approximate surface area is 76.0 Å². The summed E-state index contributed by atoms with van der Waals surface area (Å²) in [5, 5.41) is 1.67. The first-order chi connectivity index (χ1) is 5.77. The summed E-state index contributed by atoms with van der Waals surface area (Å²) in [5.74, 6) is 0. The van der Waals surface area contributed by atoms with E-state index in [1.54, 1.807) is 0 Å². The molecule has 0 saturated carbocycles. The Kier molecular flexibility index (Phi) is 1.74. The van der Waals surface area contributed by atoms with Crippen LogP contribution in [0.25, 0.3) is 10.9 Å². The topological polar surface area (TPSA) is 12.9 Å². The molecule has 1 nitrogen and oxygen atoms in total. The van der Waals surface area contributed by atoms with Crippen LogP contribution in [0.1, 0.15) is 5.69 Å². The highest BCUT2D eigenvalue weighted by atomic mass is 35.5. The SMILES string of the molecule is [CH2]c1nc2ccccc2cc1Cl. The van der Waals surface area contributed by atoms with E-state index >= 15 is 0 Å². The largest absolute Gasteiger partial charge is 0.251 e. The summed E-state index contributed by atoms with van der Waals surface area (Å²) in [5.41, 5.74) is 1.57. The summed E-state index contributed by atoms with van der Waals surface area (Å²) >= 11 is 5.86. The van der Waals surface area contributed by atoms with E-state index < -0.39 is 0 Å². The molecule has 0 aliphatic carbocycles. The Hall–Kier alpha value is -1.08. The van der Waals surface area contributed by atoms with Crippen LogP contribution in [0.3, 0.4) is 0 Å². The fourth-order valence-corrected chi connectivity index (χ4v) is 1.29. The van der Waals surface area contributed by atoms with Crippen molar-refractivity contribution in [2.75, 3.05) is 0 Å². The van der Waals surface area contributed by atoms with Crippen molar-refractivity contribution in [3.8, 4) is 0 Å². The molecule has 1 aromatic heterocycles. The molecule has 0 spiro atoms. The van der Waals surface area contributed by atoms with Crippen LogP contribution in [0, 0.1) is 6.92 Å². The van der Waals surface area contributed by atoms with E-state index in [0.717, 1.165) is 10.9 Å². The van der Waals surface area contributed by atoms with Gasteiger partial charge in [-0.15, -0.1) is 0 Å². The molecule has 0 saturated heterocycles. The first kappa shape index (κ1) is 7.56. The van der Waals surface area contributed by atoms with Gasteiger partial charge in [-0.05, 0) is 19.1 Å². The second-order valence-corrected chi connectivity index (χ2v) is 3.02. The molecule has 0 N–H and O–H groups in total. The predicted molar refractivity (Wildman–Crippen MR) is 51.2 cm³/mol. The van der Waals surface area contributed by atoms with Crippen molar-refractivity contribution in [2.24, 2.45) is 0 Å². The smallest absolute Gasteiger partial charge is 0.0706 e. The summed E-state index contributed by atoms with van der Waals surface area (Å²) in [6.45, 7) is 3.73. The van der Waals surface area contributed by atoms with E-state index in [0.29, 0.717) is 10.7 Å². The van der Waals surface area contributed by atoms with Crippen LogP contribution in [0.5, 0.6) is 0 Å². The number of nitrogens with zero attached hydrogens (tertiary/aromatic N) is 1. The fraction of sp³-hybridized carbons (Fsp3) is 0. The Morgan fingerprint density at radius 3 is 2.83 bits per heavy atom. The minimum atomic E-state index is 0.619. The third kappa shape index (κ3) is 1.16. The van der Waals surface area contributed by atoms with Gasteiger partial charge in [-0.3, -0.25) is 4.98 Å². The molecule has 12 heavy (non-hydrogen) atoms. The Morgan fingerprint density at radius 1 is 1.25 bits per heavy atom. The zero-order chi connectivity index (χ0) is 8.55. The van der Waals surface area contributed by atoms with Crippen molar-refractivity contribution < 1.29 is 0 Å². The summed E-state index contributed by atoms with van der Waals surface area (Å²) in [6, 6.07) is 9.71. The van der Waals surface area contributed by atoms with Crippen molar-refractivity contribution in [1.29, 1.82) is 0 Å².